The second-order valence-corrected chi connectivity index (χ2v) is 6.36. The van der Waals surface area contributed by atoms with E-state index in [1.165, 1.54) is 23.5 Å². The Balaban J connectivity index is 1.85. The third-order valence-electron chi connectivity index (χ3n) is 2.55. The summed E-state index contributed by atoms with van der Waals surface area (Å²) >= 11 is 4.06. The molecular formula is C11H12O2S2. The molecule has 3 rings (SSSR count). The number of rotatable bonds is 1. The van der Waals surface area contributed by atoms with Gasteiger partial charge in [0.25, 0.3) is 0 Å². The number of hydrogen-bond acceptors (Lipinski definition) is 4. The van der Waals surface area contributed by atoms with Gasteiger partial charge in [-0.15, -0.1) is 23.5 Å². The predicted octanol–water partition coefficient (Wildman–Crippen LogP) is 3.38. The van der Waals surface area contributed by atoms with Gasteiger partial charge in [-0.2, -0.15) is 4.89 Å². The number of fused-ring (bicyclic) bond motifs is 1. The third-order valence-corrected chi connectivity index (χ3v) is 5.57. The minimum absolute atomic E-state index is 0.577. The molecule has 2 heterocycles. The molecule has 2 aliphatic heterocycles. The highest BCUT2D eigenvalue weighted by atomic mass is 32.2. The maximum atomic E-state index is 5.11. The molecule has 15 heavy (non-hydrogen) atoms. The summed E-state index contributed by atoms with van der Waals surface area (Å²) in [5.74, 6) is 3.44. The first-order valence-corrected chi connectivity index (χ1v) is 7.19. The Morgan fingerprint density at radius 1 is 1.20 bits per heavy atom. The Kier molecular flexibility index (Phi) is 2.81. The van der Waals surface area contributed by atoms with Gasteiger partial charge in [0.15, 0.2) is 5.75 Å². The molecule has 1 fully saturated rings. The lowest BCUT2D eigenvalue weighted by Crippen LogP contribution is -2.00. The van der Waals surface area contributed by atoms with Gasteiger partial charge in [-0.3, -0.25) is 0 Å². The van der Waals surface area contributed by atoms with E-state index in [1.54, 1.807) is 0 Å². The predicted molar refractivity (Wildman–Crippen MR) is 64.1 cm³/mol. The Morgan fingerprint density at radius 3 is 2.93 bits per heavy atom. The second-order valence-electron chi connectivity index (χ2n) is 3.64. The molecule has 0 radical (unpaired) electrons. The number of hydrogen-bond donors (Lipinski definition) is 0. The monoisotopic (exact) mass is 240 g/mol. The zero-order valence-electron chi connectivity index (χ0n) is 8.27. The van der Waals surface area contributed by atoms with Gasteiger partial charge in [-0.1, -0.05) is 12.1 Å². The zero-order chi connectivity index (χ0) is 10.1. The molecule has 2 aliphatic rings. The van der Waals surface area contributed by atoms with Crippen molar-refractivity contribution < 1.29 is 9.78 Å². The van der Waals surface area contributed by atoms with E-state index in [-0.39, 0.29) is 0 Å². The minimum Gasteiger partial charge on any atom is -0.337 e. The third kappa shape index (κ3) is 1.98. The van der Waals surface area contributed by atoms with Crippen LogP contribution >= 0.6 is 23.5 Å². The molecule has 0 aromatic heterocycles. The summed E-state index contributed by atoms with van der Waals surface area (Å²) in [7, 11) is 0. The van der Waals surface area contributed by atoms with Crippen molar-refractivity contribution in [1.82, 2.24) is 0 Å². The first kappa shape index (κ1) is 9.87. The van der Waals surface area contributed by atoms with Crippen molar-refractivity contribution in [2.24, 2.45) is 0 Å². The molecule has 1 aromatic carbocycles. The van der Waals surface area contributed by atoms with Crippen LogP contribution in [0.4, 0.5) is 0 Å². The Hall–Kier alpha value is -0.320. The molecule has 0 amide bonds. The van der Waals surface area contributed by atoms with E-state index in [4.69, 9.17) is 9.78 Å². The van der Waals surface area contributed by atoms with Crippen LogP contribution in [0, 0.1) is 0 Å². The lowest BCUT2D eigenvalue weighted by atomic mass is 10.1. The zero-order valence-corrected chi connectivity index (χ0v) is 9.90. The van der Waals surface area contributed by atoms with E-state index in [0.29, 0.717) is 11.2 Å². The van der Waals surface area contributed by atoms with Crippen molar-refractivity contribution in [3.63, 3.8) is 0 Å². The molecule has 0 N–H and O–H groups in total. The van der Waals surface area contributed by atoms with E-state index in [0.717, 1.165) is 11.3 Å². The van der Waals surface area contributed by atoms with Crippen molar-refractivity contribution in [3.8, 4) is 5.75 Å². The topological polar surface area (TPSA) is 18.5 Å². The van der Waals surface area contributed by atoms with Gasteiger partial charge in [0, 0.05) is 5.56 Å². The summed E-state index contributed by atoms with van der Waals surface area (Å²) in [6.07, 6.45) is 1.33. The quantitative estimate of drug-likeness (QED) is 0.700. The molecule has 0 saturated carbocycles. The summed E-state index contributed by atoms with van der Waals surface area (Å²) < 4.78 is 0.577. The Labute approximate surface area is 97.6 Å². The lowest BCUT2D eigenvalue weighted by molar-refractivity contribution is -0.194. The van der Waals surface area contributed by atoms with Crippen LogP contribution in [-0.2, 0) is 11.5 Å². The molecule has 80 valence electrons. The highest BCUT2D eigenvalue weighted by Gasteiger charge is 2.20. The fraction of sp³-hybridized carbons (Fsp3) is 0.455. The molecule has 0 bridgehead atoms. The highest BCUT2D eigenvalue weighted by molar-refractivity contribution is 8.16. The van der Waals surface area contributed by atoms with Crippen molar-refractivity contribution in [1.29, 1.82) is 0 Å². The van der Waals surface area contributed by atoms with Gasteiger partial charge < -0.3 is 4.89 Å². The van der Waals surface area contributed by atoms with Crippen LogP contribution in [0.3, 0.4) is 0 Å². The standard InChI is InChI=1S/C11H12O2S2/c1-4-14-11(15-5-1)8-2-3-9-7-12-13-10(9)6-8/h2-3,6,11H,1,4-5,7H2. The maximum Gasteiger partial charge on any atom is 0.171 e. The summed E-state index contributed by atoms with van der Waals surface area (Å²) in [6, 6.07) is 6.44. The Morgan fingerprint density at radius 2 is 2.07 bits per heavy atom. The first-order valence-electron chi connectivity index (χ1n) is 5.09. The van der Waals surface area contributed by atoms with Crippen LogP contribution in [0.5, 0.6) is 5.75 Å². The molecule has 1 saturated heterocycles. The van der Waals surface area contributed by atoms with E-state index in [9.17, 15) is 0 Å². The van der Waals surface area contributed by atoms with E-state index in [1.807, 2.05) is 23.5 Å². The first-order chi connectivity index (χ1) is 7.43. The number of benzene rings is 1. The van der Waals surface area contributed by atoms with Crippen LogP contribution in [0.15, 0.2) is 18.2 Å². The largest absolute Gasteiger partial charge is 0.337 e. The van der Waals surface area contributed by atoms with Gasteiger partial charge >= 0.3 is 0 Å². The molecule has 4 heteroatoms. The second kappa shape index (κ2) is 4.28. The average molecular weight is 240 g/mol. The van der Waals surface area contributed by atoms with Crippen molar-refractivity contribution in [2.45, 2.75) is 17.6 Å². The van der Waals surface area contributed by atoms with Gasteiger partial charge in [-0.25, -0.2) is 0 Å². The fourth-order valence-corrected chi connectivity index (χ4v) is 4.62. The number of thioether (sulfide) groups is 2. The lowest BCUT2D eigenvalue weighted by Gasteiger charge is -2.21. The summed E-state index contributed by atoms with van der Waals surface area (Å²) in [5, 5.41) is 0. The van der Waals surface area contributed by atoms with Crippen LogP contribution in [0.25, 0.3) is 0 Å². The van der Waals surface area contributed by atoms with Gasteiger partial charge in [0.05, 0.1) is 4.58 Å². The molecule has 0 unspecified atom stereocenters. The van der Waals surface area contributed by atoms with Gasteiger partial charge in [0.1, 0.15) is 6.61 Å². The van der Waals surface area contributed by atoms with Crippen LogP contribution in [-0.4, -0.2) is 11.5 Å². The van der Waals surface area contributed by atoms with E-state index >= 15 is 0 Å². The molecule has 1 aromatic rings. The van der Waals surface area contributed by atoms with Gasteiger partial charge in [0.2, 0.25) is 0 Å². The maximum absolute atomic E-state index is 5.11. The summed E-state index contributed by atoms with van der Waals surface area (Å²) in [5.41, 5.74) is 2.51. The van der Waals surface area contributed by atoms with Crippen LogP contribution < -0.4 is 4.89 Å². The van der Waals surface area contributed by atoms with Crippen molar-refractivity contribution in [2.75, 3.05) is 11.5 Å². The molecule has 0 aliphatic carbocycles. The van der Waals surface area contributed by atoms with Crippen molar-refractivity contribution in [3.05, 3.63) is 29.3 Å². The van der Waals surface area contributed by atoms with E-state index < -0.39 is 0 Å². The minimum atomic E-state index is 0.577. The fourth-order valence-electron chi connectivity index (χ4n) is 1.75. The summed E-state index contributed by atoms with van der Waals surface area (Å²) in [6.45, 7) is 0.584. The van der Waals surface area contributed by atoms with Crippen LogP contribution in [0.2, 0.25) is 0 Å². The molecule has 0 spiro atoms. The highest BCUT2D eigenvalue weighted by Crippen LogP contribution is 2.45. The van der Waals surface area contributed by atoms with Crippen LogP contribution in [0.1, 0.15) is 22.1 Å². The Bertz CT molecular complexity index is 362. The smallest absolute Gasteiger partial charge is 0.171 e. The molecule has 2 nitrogen and oxygen atoms in total. The molecular weight excluding hydrogens is 228 g/mol. The van der Waals surface area contributed by atoms with Gasteiger partial charge in [-0.05, 0) is 29.6 Å². The normalized spacial score (nSPS) is 21.1. The summed E-state index contributed by atoms with van der Waals surface area (Å²) in [4.78, 5) is 10.1. The average Bonchev–Trinajstić information content (AvgIpc) is 2.77. The molecule has 0 atom stereocenters. The van der Waals surface area contributed by atoms with E-state index in [2.05, 4.69) is 18.2 Å². The van der Waals surface area contributed by atoms with Crippen molar-refractivity contribution >= 4 is 23.5 Å². The SMILES string of the molecule is c1cc2c(cc1C1SCCCS1)OOC2.